The maximum absolute atomic E-state index is 10.6. The number of phenolic OH excluding ortho intramolecular Hbond substituents is 1. The highest BCUT2D eigenvalue weighted by molar-refractivity contribution is 7.80. The maximum atomic E-state index is 10.6. The normalized spacial score (nSPS) is 10.9. The van der Waals surface area contributed by atoms with Gasteiger partial charge in [0.2, 0.25) is 0 Å². The molecule has 0 bridgehead atoms. The quantitative estimate of drug-likeness (QED) is 0.690. The van der Waals surface area contributed by atoms with Gasteiger partial charge >= 0.3 is 0 Å². The molecule has 0 saturated carbocycles. The minimum Gasteiger partial charge on any atom is -0.507 e. The van der Waals surface area contributed by atoms with Crippen molar-refractivity contribution in [2.75, 3.05) is 0 Å². The molecular formula is C18H22OS. The summed E-state index contributed by atoms with van der Waals surface area (Å²) in [5.74, 6) is 0.379. The summed E-state index contributed by atoms with van der Waals surface area (Å²) in [4.78, 5) is 0.962. The first-order valence-corrected chi connectivity index (χ1v) is 7.30. The van der Waals surface area contributed by atoms with Crippen LogP contribution in [0, 0.1) is 41.5 Å². The van der Waals surface area contributed by atoms with Gasteiger partial charge in [-0.15, -0.1) is 12.6 Å². The van der Waals surface area contributed by atoms with Crippen LogP contribution >= 0.6 is 12.6 Å². The molecule has 0 fully saturated rings. The van der Waals surface area contributed by atoms with Gasteiger partial charge in [0.1, 0.15) is 5.75 Å². The first kappa shape index (κ1) is 15.0. The number of benzene rings is 2. The molecule has 1 nitrogen and oxygen atoms in total. The monoisotopic (exact) mass is 286 g/mol. The first-order valence-electron chi connectivity index (χ1n) is 6.85. The Balaban J connectivity index is 2.90. The molecule has 2 aromatic rings. The lowest BCUT2D eigenvalue weighted by Crippen LogP contribution is -1.97. The minimum absolute atomic E-state index is 0.379. The van der Waals surface area contributed by atoms with Gasteiger partial charge in [-0.3, -0.25) is 0 Å². The summed E-state index contributed by atoms with van der Waals surface area (Å²) in [7, 11) is 0. The summed E-state index contributed by atoms with van der Waals surface area (Å²) < 4.78 is 0. The molecule has 2 aromatic carbocycles. The van der Waals surface area contributed by atoms with Crippen LogP contribution in [-0.2, 0) is 0 Å². The van der Waals surface area contributed by atoms with E-state index in [1.54, 1.807) is 0 Å². The largest absolute Gasteiger partial charge is 0.507 e. The average Bonchev–Trinajstić information content (AvgIpc) is 2.37. The van der Waals surface area contributed by atoms with E-state index in [1.165, 1.54) is 11.1 Å². The molecule has 0 heterocycles. The molecule has 0 aliphatic heterocycles. The van der Waals surface area contributed by atoms with Crippen molar-refractivity contribution in [3.63, 3.8) is 0 Å². The van der Waals surface area contributed by atoms with Crippen LogP contribution in [-0.4, -0.2) is 5.11 Å². The molecule has 0 aliphatic rings. The highest BCUT2D eigenvalue weighted by atomic mass is 32.1. The van der Waals surface area contributed by atoms with Gasteiger partial charge in [-0.2, -0.15) is 0 Å². The van der Waals surface area contributed by atoms with Gasteiger partial charge in [-0.1, -0.05) is 12.1 Å². The molecule has 0 saturated heterocycles. The predicted molar refractivity (Wildman–Crippen MR) is 89.2 cm³/mol. The van der Waals surface area contributed by atoms with E-state index in [1.807, 2.05) is 20.8 Å². The van der Waals surface area contributed by atoms with Gasteiger partial charge in [0.05, 0.1) is 0 Å². The van der Waals surface area contributed by atoms with Gasteiger partial charge in [-0.25, -0.2) is 0 Å². The van der Waals surface area contributed by atoms with E-state index in [-0.39, 0.29) is 0 Å². The summed E-state index contributed by atoms with van der Waals surface area (Å²) >= 11 is 4.71. The third kappa shape index (κ3) is 2.22. The van der Waals surface area contributed by atoms with E-state index >= 15 is 0 Å². The van der Waals surface area contributed by atoms with Crippen molar-refractivity contribution in [2.45, 2.75) is 46.4 Å². The van der Waals surface area contributed by atoms with Crippen LogP contribution in [0.2, 0.25) is 0 Å². The lowest BCUT2D eigenvalue weighted by molar-refractivity contribution is 0.472. The van der Waals surface area contributed by atoms with Crippen LogP contribution in [0.1, 0.15) is 33.4 Å². The highest BCUT2D eigenvalue weighted by Crippen LogP contribution is 2.42. The number of aromatic hydroxyl groups is 1. The Morgan fingerprint density at radius 3 is 1.70 bits per heavy atom. The second-order valence-corrected chi connectivity index (χ2v) is 6.17. The van der Waals surface area contributed by atoms with Gasteiger partial charge in [0.25, 0.3) is 0 Å². The van der Waals surface area contributed by atoms with Crippen LogP contribution in [0.15, 0.2) is 17.0 Å². The molecule has 0 amide bonds. The summed E-state index contributed by atoms with van der Waals surface area (Å²) in [6.07, 6.45) is 0. The number of hydrogen-bond acceptors (Lipinski definition) is 2. The molecule has 0 spiro atoms. The number of rotatable bonds is 1. The lowest BCUT2D eigenvalue weighted by Gasteiger charge is -2.19. The van der Waals surface area contributed by atoms with Crippen LogP contribution in [0.3, 0.4) is 0 Å². The molecule has 0 aromatic heterocycles. The van der Waals surface area contributed by atoms with Gasteiger partial charge in [-0.05, 0) is 74.9 Å². The van der Waals surface area contributed by atoms with Crippen molar-refractivity contribution >= 4 is 12.6 Å². The van der Waals surface area contributed by atoms with E-state index in [0.717, 1.165) is 38.3 Å². The highest BCUT2D eigenvalue weighted by Gasteiger charge is 2.18. The van der Waals surface area contributed by atoms with Crippen molar-refractivity contribution in [1.82, 2.24) is 0 Å². The Morgan fingerprint density at radius 1 is 0.700 bits per heavy atom. The average molecular weight is 286 g/mol. The fourth-order valence-electron chi connectivity index (χ4n) is 2.76. The van der Waals surface area contributed by atoms with Gasteiger partial charge < -0.3 is 5.11 Å². The van der Waals surface area contributed by atoms with Crippen LogP contribution in [0.25, 0.3) is 11.1 Å². The molecule has 0 aliphatic carbocycles. The number of phenols is 1. The Kier molecular flexibility index (Phi) is 3.88. The number of aryl methyl sites for hydroxylation is 4. The van der Waals surface area contributed by atoms with E-state index < -0.39 is 0 Å². The summed E-state index contributed by atoms with van der Waals surface area (Å²) in [5.41, 5.74) is 8.67. The summed E-state index contributed by atoms with van der Waals surface area (Å²) in [5, 5.41) is 10.6. The Labute approximate surface area is 127 Å². The first-order chi connectivity index (χ1) is 9.25. The smallest absolute Gasteiger partial charge is 0.126 e. The van der Waals surface area contributed by atoms with Crippen molar-refractivity contribution in [2.24, 2.45) is 0 Å². The Morgan fingerprint density at radius 2 is 1.15 bits per heavy atom. The summed E-state index contributed by atoms with van der Waals surface area (Å²) in [6.45, 7) is 12.3. The summed E-state index contributed by atoms with van der Waals surface area (Å²) in [6, 6.07) is 4.30. The van der Waals surface area contributed by atoms with Gasteiger partial charge in [0, 0.05) is 16.0 Å². The molecule has 0 unspecified atom stereocenters. The third-order valence-corrected chi connectivity index (χ3v) is 4.83. The lowest BCUT2D eigenvalue weighted by atomic mass is 9.89. The van der Waals surface area contributed by atoms with Crippen molar-refractivity contribution in [3.8, 4) is 16.9 Å². The molecule has 0 atom stereocenters. The second kappa shape index (κ2) is 5.17. The third-order valence-electron chi connectivity index (χ3n) is 4.27. The molecule has 1 N–H and O–H groups in total. The molecule has 2 heteroatoms. The zero-order valence-corrected chi connectivity index (χ0v) is 13.9. The van der Waals surface area contributed by atoms with Crippen LogP contribution in [0.5, 0.6) is 5.75 Å². The van der Waals surface area contributed by atoms with E-state index in [9.17, 15) is 5.11 Å². The Hall–Kier alpha value is -1.41. The SMILES string of the molecule is Cc1cc(C)c(-c2c(C)cc(C)c(C)c2S)c(O)c1C. The molecule has 0 radical (unpaired) electrons. The molecular weight excluding hydrogens is 264 g/mol. The minimum atomic E-state index is 0.379. The molecule has 2 rings (SSSR count). The fraction of sp³-hybridized carbons (Fsp3) is 0.333. The predicted octanol–water partition coefficient (Wildman–Crippen LogP) is 5.20. The van der Waals surface area contributed by atoms with Gasteiger partial charge in [0.15, 0.2) is 0 Å². The van der Waals surface area contributed by atoms with Crippen molar-refractivity contribution in [1.29, 1.82) is 0 Å². The maximum Gasteiger partial charge on any atom is 0.126 e. The zero-order valence-electron chi connectivity index (χ0n) is 13.0. The van der Waals surface area contributed by atoms with E-state index in [4.69, 9.17) is 12.6 Å². The van der Waals surface area contributed by atoms with Crippen molar-refractivity contribution in [3.05, 3.63) is 45.5 Å². The molecule has 20 heavy (non-hydrogen) atoms. The number of hydrogen-bond donors (Lipinski definition) is 2. The van der Waals surface area contributed by atoms with Crippen LogP contribution < -0.4 is 0 Å². The van der Waals surface area contributed by atoms with Crippen LogP contribution in [0.4, 0.5) is 0 Å². The standard InChI is InChI=1S/C18H22OS/c1-9-7-11(3)15(17(19)13(9)5)16-12(4)8-10(2)14(6)18(16)20/h7-8,19-20H,1-6H3. The van der Waals surface area contributed by atoms with Crippen molar-refractivity contribution < 1.29 is 5.11 Å². The fourth-order valence-corrected chi connectivity index (χ4v) is 3.23. The molecule has 106 valence electrons. The van der Waals surface area contributed by atoms with E-state index in [2.05, 4.69) is 32.9 Å². The number of thiol groups is 1. The zero-order chi connectivity index (χ0) is 15.2. The van der Waals surface area contributed by atoms with E-state index in [0.29, 0.717) is 5.75 Å². The second-order valence-electron chi connectivity index (χ2n) is 5.72. The Bertz CT molecular complexity index is 638. The topological polar surface area (TPSA) is 20.2 Å².